The molecule has 1 unspecified atom stereocenters. The van der Waals surface area contributed by atoms with Crippen LogP contribution in [0.5, 0.6) is 5.75 Å². The zero-order valence-electron chi connectivity index (χ0n) is 12.3. The first-order chi connectivity index (χ1) is 9.26. The molecule has 1 aromatic rings. The predicted octanol–water partition coefficient (Wildman–Crippen LogP) is 5.60. The molecule has 0 saturated heterocycles. The summed E-state index contributed by atoms with van der Waals surface area (Å²) in [7, 11) is 1.69. The average molecular weight is 283 g/mol. The summed E-state index contributed by atoms with van der Waals surface area (Å²) >= 11 is 6.40. The number of alkyl halides is 1. The van der Waals surface area contributed by atoms with Gasteiger partial charge in [0.2, 0.25) is 0 Å². The maximum atomic E-state index is 6.40. The first-order valence-corrected chi connectivity index (χ1v) is 7.97. The molecule has 0 spiro atoms. The lowest BCUT2D eigenvalue weighted by Crippen LogP contribution is -2.03. The Morgan fingerprint density at radius 3 is 2.26 bits per heavy atom. The van der Waals surface area contributed by atoms with Crippen LogP contribution in [0, 0.1) is 0 Å². The Bertz CT molecular complexity index is 321. The average Bonchev–Trinajstić information content (AvgIpc) is 2.43. The molecule has 0 aliphatic carbocycles. The number of halogens is 1. The van der Waals surface area contributed by atoms with Crippen molar-refractivity contribution in [2.75, 3.05) is 7.11 Å². The van der Waals surface area contributed by atoms with Crippen molar-refractivity contribution in [2.24, 2.45) is 0 Å². The Morgan fingerprint density at radius 1 is 1.00 bits per heavy atom. The van der Waals surface area contributed by atoms with Crippen LogP contribution in [0.1, 0.15) is 57.4 Å². The molecular formula is C17H27ClO. The molecular weight excluding hydrogens is 256 g/mol. The number of unbranched alkanes of at least 4 members (excludes halogenated alkanes) is 5. The normalized spacial score (nSPS) is 12.4. The standard InChI is InChI=1S/C17H27ClO/c1-3-4-5-6-7-8-9-16(18)14-15-10-12-17(19-2)13-11-15/h10-13,16H,3-9,14H2,1-2H3. The van der Waals surface area contributed by atoms with E-state index >= 15 is 0 Å². The molecule has 19 heavy (non-hydrogen) atoms. The second kappa shape index (κ2) is 10.1. The number of ether oxygens (including phenoxy) is 1. The predicted molar refractivity (Wildman–Crippen MR) is 84.3 cm³/mol. The fraction of sp³-hybridized carbons (Fsp3) is 0.647. The van der Waals surface area contributed by atoms with Crippen LogP contribution in [0.4, 0.5) is 0 Å². The maximum absolute atomic E-state index is 6.40. The van der Waals surface area contributed by atoms with E-state index in [2.05, 4.69) is 19.1 Å². The van der Waals surface area contributed by atoms with Crippen molar-refractivity contribution >= 4 is 11.6 Å². The van der Waals surface area contributed by atoms with Crippen molar-refractivity contribution < 1.29 is 4.74 Å². The van der Waals surface area contributed by atoms with Gasteiger partial charge in [0.25, 0.3) is 0 Å². The molecule has 0 amide bonds. The minimum atomic E-state index is 0.263. The first kappa shape index (κ1) is 16.4. The van der Waals surface area contributed by atoms with E-state index in [0.29, 0.717) is 0 Å². The summed E-state index contributed by atoms with van der Waals surface area (Å²) in [5, 5.41) is 0.263. The van der Waals surface area contributed by atoms with E-state index in [1.165, 1.54) is 44.1 Å². The summed E-state index contributed by atoms with van der Waals surface area (Å²) in [6.45, 7) is 2.25. The Kier molecular flexibility index (Phi) is 8.73. The van der Waals surface area contributed by atoms with Crippen molar-refractivity contribution in [1.82, 2.24) is 0 Å². The van der Waals surface area contributed by atoms with Gasteiger partial charge >= 0.3 is 0 Å². The molecule has 0 aliphatic rings. The molecule has 0 aromatic heterocycles. The van der Waals surface area contributed by atoms with E-state index < -0.39 is 0 Å². The summed E-state index contributed by atoms with van der Waals surface area (Å²) in [5.74, 6) is 0.908. The molecule has 0 aliphatic heterocycles. The number of hydrogen-bond donors (Lipinski definition) is 0. The quantitative estimate of drug-likeness (QED) is 0.401. The van der Waals surface area contributed by atoms with Gasteiger partial charge in [-0.05, 0) is 30.5 Å². The minimum Gasteiger partial charge on any atom is -0.497 e. The van der Waals surface area contributed by atoms with E-state index in [-0.39, 0.29) is 5.38 Å². The first-order valence-electron chi connectivity index (χ1n) is 7.53. The summed E-state index contributed by atoms with van der Waals surface area (Å²) in [5.41, 5.74) is 1.30. The van der Waals surface area contributed by atoms with Gasteiger partial charge in [0.1, 0.15) is 5.75 Å². The zero-order chi connectivity index (χ0) is 13.9. The number of benzene rings is 1. The Hall–Kier alpha value is -0.690. The van der Waals surface area contributed by atoms with Gasteiger partial charge < -0.3 is 4.74 Å². The maximum Gasteiger partial charge on any atom is 0.118 e. The summed E-state index contributed by atoms with van der Waals surface area (Å²) in [6.07, 6.45) is 10.1. The van der Waals surface area contributed by atoms with Crippen LogP contribution >= 0.6 is 11.6 Å². The third-order valence-corrected chi connectivity index (χ3v) is 3.86. The van der Waals surface area contributed by atoms with Gasteiger partial charge in [0, 0.05) is 5.38 Å². The molecule has 0 radical (unpaired) electrons. The second-order valence-corrected chi connectivity index (χ2v) is 5.82. The lowest BCUT2D eigenvalue weighted by atomic mass is 10.0. The van der Waals surface area contributed by atoms with Crippen LogP contribution in [0.2, 0.25) is 0 Å². The topological polar surface area (TPSA) is 9.23 Å². The van der Waals surface area contributed by atoms with Crippen LogP contribution in [0.25, 0.3) is 0 Å². The van der Waals surface area contributed by atoms with Gasteiger partial charge in [-0.15, -0.1) is 11.6 Å². The smallest absolute Gasteiger partial charge is 0.118 e. The fourth-order valence-electron chi connectivity index (χ4n) is 2.27. The monoisotopic (exact) mass is 282 g/mol. The molecule has 1 aromatic carbocycles. The van der Waals surface area contributed by atoms with E-state index in [0.717, 1.165) is 18.6 Å². The fourth-order valence-corrected chi connectivity index (χ4v) is 2.60. The van der Waals surface area contributed by atoms with Crippen molar-refractivity contribution in [3.8, 4) is 5.75 Å². The van der Waals surface area contributed by atoms with Gasteiger partial charge in [-0.25, -0.2) is 0 Å². The molecule has 1 atom stereocenters. The van der Waals surface area contributed by atoms with Gasteiger partial charge in [-0.3, -0.25) is 0 Å². The lowest BCUT2D eigenvalue weighted by Gasteiger charge is -2.10. The van der Waals surface area contributed by atoms with E-state index in [1.807, 2.05) is 12.1 Å². The van der Waals surface area contributed by atoms with Crippen LogP contribution in [0.15, 0.2) is 24.3 Å². The summed E-state index contributed by atoms with van der Waals surface area (Å²) in [6, 6.07) is 8.22. The van der Waals surface area contributed by atoms with Crippen LogP contribution < -0.4 is 4.74 Å². The van der Waals surface area contributed by atoms with E-state index in [1.54, 1.807) is 7.11 Å². The number of hydrogen-bond acceptors (Lipinski definition) is 1. The number of methoxy groups -OCH3 is 1. The molecule has 0 saturated carbocycles. The molecule has 1 nitrogen and oxygen atoms in total. The third-order valence-electron chi connectivity index (χ3n) is 3.49. The highest BCUT2D eigenvalue weighted by Gasteiger charge is 2.06. The summed E-state index contributed by atoms with van der Waals surface area (Å²) < 4.78 is 5.15. The van der Waals surface area contributed by atoms with Crippen molar-refractivity contribution in [1.29, 1.82) is 0 Å². The highest BCUT2D eigenvalue weighted by Crippen LogP contribution is 2.18. The molecule has 0 fully saturated rings. The third kappa shape index (κ3) is 7.47. The molecule has 1 rings (SSSR count). The van der Waals surface area contributed by atoms with Gasteiger partial charge in [-0.2, -0.15) is 0 Å². The highest BCUT2D eigenvalue weighted by molar-refractivity contribution is 6.20. The summed E-state index contributed by atoms with van der Waals surface area (Å²) in [4.78, 5) is 0. The minimum absolute atomic E-state index is 0.263. The highest BCUT2D eigenvalue weighted by atomic mass is 35.5. The van der Waals surface area contributed by atoms with Crippen LogP contribution in [-0.4, -0.2) is 12.5 Å². The van der Waals surface area contributed by atoms with Crippen molar-refractivity contribution in [3.05, 3.63) is 29.8 Å². The van der Waals surface area contributed by atoms with Gasteiger partial charge in [0.15, 0.2) is 0 Å². The molecule has 108 valence electrons. The molecule has 0 heterocycles. The molecule has 0 N–H and O–H groups in total. The van der Waals surface area contributed by atoms with Crippen molar-refractivity contribution in [3.63, 3.8) is 0 Å². The van der Waals surface area contributed by atoms with Crippen LogP contribution in [-0.2, 0) is 6.42 Å². The van der Waals surface area contributed by atoms with Crippen LogP contribution in [0.3, 0.4) is 0 Å². The number of rotatable bonds is 10. The molecule has 2 heteroatoms. The molecule has 0 bridgehead atoms. The SMILES string of the molecule is CCCCCCCCC(Cl)Cc1ccc(OC)cc1. The largest absolute Gasteiger partial charge is 0.497 e. The Labute approximate surface area is 123 Å². The Balaban J connectivity index is 2.14. The second-order valence-electron chi connectivity index (χ2n) is 5.21. The van der Waals surface area contributed by atoms with E-state index in [4.69, 9.17) is 16.3 Å². The van der Waals surface area contributed by atoms with Crippen molar-refractivity contribution in [2.45, 2.75) is 63.7 Å². The zero-order valence-corrected chi connectivity index (χ0v) is 13.1. The lowest BCUT2D eigenvalue weighted by molar-refractivity contribution is 0.414. The van der Waals surface area contributed by atoms with E-state index in [9.17, 15) is 0 Å². The van der Waals surface area contributed by atoms with Gasteiger partial charge in [0.05, 0.1) is 7.11 Å². The van der Waals surface area contributed by atoms with Gasteiger partial charge in [-0.1, -0.05) is 57.6 Å². The Morgan fingerprint density at radius 2 is 1.63 bits per heavy atom.